The number of hydrogen-bond acceptors (Lipinski definition) is 5. The van der Waals surface area contributed by atoms with Crippen LogP contribution in [0.1, 0.15) is 53.5 Å². The second-order valence-electron chi connectivity index (χ2n) is 12.8. The summed E-state index contributed by atoms with van der Waals surface area (Å²) < 4.78 is 16.5. The standard InChI is InChI=1S/C34H38ClFN4OSi.ClH/c1-19(2)42(20(3)4,21(5)6)13-11-22-8-7-9-23-14-24(41)15-25(30(22)23)32-31(36)33-26(16-38-32)34(27(35)17-39-33)40-18-28-29(40)10-12-37-28;/h7-9,14-17,19-21,28-29,37,41H,10,12,18H2,1-6H3;1H/t28-,29-;/m1./s1. The van der Waals surface area contributed by atoms with Crippen LogP contribution in [0.5, 0.6) is 5.75 Å². The largest absolute Gasteiger partial charge is 0.508 e. The molecular formula is C34H39Cl2FN4OSi. The normalized spacial score (nSPS) is 18.2. The Kier molecular flexibility index (Phi) is 8.72. The fraction of sp³-hybridized carbons (Fsp3) is 0.412. The lowest BCUT2D eigenvalue weighted by atomic mass is 9.95. The van der Waals surface area contributed by atoms with Crippen molar-refractivity contribution in [2.45, 2.75) is 76.7 Å². The maximum Gasteiger partial charge on any atom is 0.175 e. The molecule has 6 rings (SSSR count). The van der Waals surface area contributed by atoms with Gasteiger partial charge in [-0.2, -0.15) is 0 Å². The van der Waals surface area contributed by atoms with Gasteiger partial charge in [0.05, 0.1) is 10.7 Å². The van der Waals surface area contributed by atoms with E-state index in [0.717, 1.165) is 41.5 Å². The van der Waals surface area contributed by atoms with Crippen molar-refractivity contribution in [2.24, 2.45) is 0 Å². The smallest absolute Gasteiger partial charge is 0.175 e. The van der Waals surface area contributed by atoms with Gasteiger partial charge in [0.1, 0.15) is 25.0 Å². The summed E-state index contributed by atoms with van der Waals surface area (Å²) in [4.78, 5) is 11.3. The summed E-state index contributed by atoms with van der Waals surface area (Å²) in [7, 11) is -2.01. The molecule has 4 aromatic rings. The average Bonchev–Trinajstić information content (AvgIpc) is 3.29. The van der Waals surface area contributed by atoms with Gasteiger partial charge in [-0.3, -0.25) is 9.97 Å². The number of pyridine rings is 2. The lowest BCUT2D eigenvalue weighted by Gasteiger charge is -2.46. The van der Waals surface area contributed by atoms with Crippen LogP contribution in [0.15, 0.2) is 42.7 Å². The molecule has 0 radical (unpaired) electrons. The quantitative estimate of drug-likeness (QED) is 0.170. The van der Waals surface area contributed by atoms with E-state index in [0.29, 0.717) is 44.7 Å². The number of benzene rings is 2. The summed E-state index contributed by atoms with van der Waals surface area (Å²) in [6, 6.07) is 9.91. The fourth-order valence-electron chi connectivity index (χ4n) is 7.66. The molecule has 226 valence electrons. The summed E-state index contributed by atoms with van der Waals surface area (Å²) in [5.74, 6) is 3.08. The monoisotopic (exact) mass is 636 g/mol. The highest BCUT2D eigenvalue weighted by Gasteiger charge is 2.44. The van der Waals surface area contributed by atoms with Gasteiger partial charge < -0.3 is 15.3 Å². The molecule has 0 aliphatic carbocycles. The minimum absolute atomic E-state index is 0. The Labute approximate surface area is 265 Å². The summed E-state index contributed by atoms with van der Waals surface area (Å²) in [6.07, 6.45) is 4.23. The zero-order valence-electron chi connectivity index (χ0n) is 25.5. The molecule has 43 heavy (non-hydrogen) atoms. The molecule has 2 aliphatic rings. The van der Waals surface area contributed by atoms with Gasteiger partial charge in [-0.15, -0.1) is 18.0 Å². The highest BCUT2D eigenvalue weighted by Crippen LogP contribution is 2.44. The van der Waals surface area contributed by atoms with E-state index in [4.69, 9.17) is 11.6 Å². The van der Waals surface area contributed by atoms with E-state index in [2.05, 4.69) is 73.2 Å². The van der Waals surface area contributed by atoms with Crippen molar-refractivity contribution >= 4 is 59.4 Å². The molecular weight excluding hydrogens is 598 g/mol. The molecule has 5 nitrogen and oxygen atoms in total. The van der Waals surface area contributed by atoms with Gasteiger partial charge in [0.25, 0.3) is 0 Å². The summed E-state index contributed by atoms with van der Waals surface area (Å²) in [5.41, 5.74) is 7.72. The highest BCUT2D eigenvalue weighted by atomic mass is 35.5. The van der Waals surface area contributed by atoms with E-state index in [1.807, 2.05) is 18.2 Å². The SMILES string of the molecule is CC(C)[Si](C#Cc1cccc2cc(O)cc(-c3ncc4c(N5C[C@H]6NCC[C@H]65)c(Cl)cnc4c3F)c12)(C(C)C)C(C)C.Cl. The summed E-state index contributed by atoms with van der Waals surface area (Å²) in [6.45, 7) is 15.5. The summed E-state index contributed by atoms with van der Waals surface area (Å²) >= 11 is 6.65. The van der Waals surface area contributed by atoms with Gasteiger partial charge in [-0.05, 0) is 53.2 Å². The second kappa shape index (κ2) is 11.9. The van der Waals surface area contributed by atoms with Crippen molar-refractivity contribution in [3.8, 4) is 28.5 Å². The number of hydrogen-bond donors (Lipinski definition) is 2. The zero-order valence-corrected chi connectivity index (χ0v) is 28.1. The topological polar surface area (TPSA) is 61.3 Å². The van der Waals surface area contributed by atoms with Crippen molar-refractivity contribution in [1.82, 2.24) is 15.3 Å². The molecule has 2 aliphatic heterocycles. The Balaban J connectivity index is 0.00000368. The molecule has 0 amide bonds. The van der Waals surface area contributed by atoms with E-state index in [-0.39, 0.29) is 29.4 Å². The third-order valence-corrected chi connectivity index (χ3v) is 16.2. The van der Waals surface area contributed by atoms with Crippen LogP contribution in [0.2, 0.25) is 21.6 Å². The number of nitrogens with zero attached hydrogens (tertiary/aromatic N) is 3. The van der Waals surface area contributed by atoms with Crippen LogP contribution in [0.3, 0.4) is 0 Å². The van der Waals surface area contributed by atoms with Crippen molar-refractivity contribution in [3.63, 3.8) is 0 Å². The maximum atomic E-state index is 16.5. The van der Waals surface area contributed by atoms with Crippen LogP contribution in [-0.2, 0) is 0 Å². The van der Waals surface area contributed by atoms with E-state index in [9.17, 15) is 5.11 Å². The molecule has 0 spiro atoms. The third-order valence-electron chi connectivity index (χ3n) is 9.67. The predicted molar refractivity (Wildman–Crippen MR) is 182 cm³/mol. The van der Waals surface area contributed by atoms with E-state index < -0.39 is 13.9 Å². The number of nitrogens with one attached hydrogen (secondary N) is 1. The molecule has 2 fully saturated rings. The molecule has 2 saturated heterocycles. The first kappa shape index (κ1) is 31.5. The highest BCUT2D eigenvalue weighted by molar-refractivity contribution is 6.90. The lowest BCUT2D eigenvalue weighted by Crippen LogP contribution is -2.61. The van der Waals surface area contributed by atoms with Crippen LogP contribution in [-0.4, -0.2) is 48.3 Å². The number of aromatic hydroxyl groups is 1. The number of halogens is 3. The molecule has 2 aromatic heterocycles. The van der Waals surface area contributed by atoms with Gasteiger partial charge in [0, 0.05) is 52.9 Å². The van der Waals surface area contributed by atoms with Gasteiger partial charge in [-0.1, -0.05) is 71.2 Å². The van der Waals surface area contributed by atoms with Crippen molar-refractivity contribution in [3.05, 3.63) is 59.1 Å². The molecule has 4 heterocycles. The number of aromatic nitrogens is 2. The van der Waals surface area contributed by atoms with Crippen molar-refractivity contribution in [2.75, 3.05) is 18.0 Å². The van der Waals surface area contributed by atoms with E-state index >= 15 is 4.39 Å². The third kappa shape index (κ3) is 5.07. The number of anilines is 1. The molecule has 0 bridgehead atoms. The molecule has 2 aromatic carbocycles. The zero-order chi connectivity index (χ0) is 29.9. The van der Waals surface area contributed by atoms with Gasteiger partial charge in [-0.25, -0.2) is 4.39 Å². The van der Waals surface area contributed by atoms with Gasteiger partial charge in [0.2, 0.25) is 0 Å². The Morgan fingerprint density at radius 2 is 1.79 bits per heavy atom. The first-order valence-electron chi connectivity index (χ1n) is 15.0. The number of rotatable bonds is 5. The first-order valence-corrected chi connectivity index (χ1v) is 17.6. The van der Waals surface area contributed by atoms with Crippen molar-refractivity contribution < 1.29 is 9.50 Å². The minimum atomic E-state index is -2.01. The average molecular weight is 638 g/mol. The Bertz CT molecular complexity index is 1750. The Morgan fingerprint density at radius 1 is 1.07 bits per heavy atom. The molecule has 2 N–H and O–H groups in total. The van der Waals surface area contributed by atoms with Crippen molar-refractivity contribution in [1.29, 1.82) is 0 Å². The lowest BCUT2D eigenvalue weighted by molar-refractivity contribution is 0.397. The van der Waals surface area contributed by atoms with Gasteiger partial charge in [0.15, 0.2) is 5.82 Å². The second-order valence-corrected chi connectivity index (χ2v) is 18.7. The van der Waals surface area contributed by atoms with Crippen LogP contribution < -0.4 is 10.2 Å². The molecule has 0 saturated carbocycles. The van der Waals surface area contributed by atoms with Crippen LogP contribution in [0, 0.1) is 17.3 Å². The number of phenolic OH excluding ortho intramolecular Hbond substituents is 1. The number of phenols is 1. The minimum Gasteiger partial charge on any atom is -0.508 e. The first-order chi connectivity index (χ1) is 20.0. The molecule has 2 atom stereocenters. The molecule has 9 heteroatoms. The van der Waals surface area contributed by atoms with Gasteiger partial charge >= 0.3 is 0 Å². The van der Waals surface area contributed by atoms with Crippen LogP contribution in [0.25, 0.3) is 32.9 Å². The van der Waals surface area contributed by atoms with Crippen LogP contribution >= 0.6 is 24.0 Å². The predicted octanol–water partition coefficient (Wildman–Crippen LogP) is 8.49. The Hall–Kier alpha value is -2.89. The number of fused-ring (bicyclic) bond motifs is 3. The van der Waals surface area contributed by atoms with Crippen LogP contribution in [0.4, 0.5) is 10.1 Å². The van der Waals surface area contributed by atoms with E-state index in [1.165, 1.54) is 6.20 Å². The molecule has 0 unspecified atom stereocenters. The fourth-order valence-corrected chi connectivity index (χ4v) is 13.1. The maximum absolute atomic E-state index is 16.5. The Morgan fingerprint density at radius 3 is 2.47 bits per heavy atom. The summed E-state index contributed by atoms with van der Waals surface area (Å²) in [5, 5.41) is 16.9. The van der Waals surface area contributed by atoms with E-state index in [1.54, 1.807) is 18.3 Å².